The topological polar surface area (TPSA) is 46.9 Å². The van der Waals surface area contributed by atoms with Crippen LogP contribution in [0.1, 0.15) is 58.4 Å². The van der Waals surface area contributed by atoms with Crippen molar-refractivity contribution in [1.29, 1.82) is 0 Å². The number of nitrogens with one attached hydrogen (secondary N) is 1. The molecule has 2 heterocycles. The van der Waals surface area contributed by atoms with Crippen molar-refractivity contribution in [3.05, 3.63) is 23.9 Å². The number of alkyl halides is 2. The zero-order valence-electron chi connectivity index (χ0n) is 16.6. The van der Waals surface area contributed by atoms with E-state index in [-0.39, 0.29) is 30.1 Å². The van der Waals surface area contributed by atoms with Crippen LogP contribution in [0.15, 0.2) is 18.3 Å². The summed E-state index contributed by atoms with van der Waals surface area (Å²) in [6.07, 6.45) is 3.47. The lowest BCUT2D eigenvalue weighted by molar-refractivity contribution is -0.117. The van der Waals surface area contributed by atoms with E-state index in [2.05, 4.69) is 14.9 Å². The van der Waals surface area contributed by atoms with Crippen molar-refractivity contribution in [3.63, 3.8) is 0 Å². The molecule has 0 radical (unpaired) electrons. The molecule has 148 valence electrons. The van der Waals surface area contributed by atoms with Crippen LogP contribution in [0.2, 0.25) is 0 Å². The number of rotatable bonds is 4. The molecule has 0 spiro atoms. The monoisotopic (exact) mass is 377 g/mol. The van der Waals surface area contributed by atoms with Crippen molar-refractivity contribution in [3.8, 4) is 0 Å². The Morgan fingerprint density at radius 3 is 2.63 bits per heavy atom. The summed E-state index contributed by atoms with van der Waals surface area (Å²) in [5.41, 5.74) is 2.62. The lowest BCUT2D eigenvalue weighted by Gasteiger charge is -2.28. The van der Waals surface area contributed by atoms with Crippen molar-refractivity contribution in [2.45, 2.75) is 72.3 Å². The highest BCUT2D eigenvalue weighted by molar-refractivity contribution is 5.92. The van der Waals surface area contributed by atoms with E-state index in [0.29, 0.717) is 25.1 Å². The van der Waals surface area contributed by atoms with Gasteiger partial charge in [0.05, 0.1) is 11.0 Å². The maximum atomic E-state index is 13.4. The van der Waals surface area contributed by atoms with E-state index in [1.165, 1.54) is 0 Å². The van der Waals surface area contributed by atoms with Gasteiger partial charge in [-0.15, -0.1) is 0 Å². The first-order chi connectivity index (χ1) is 12.5. The van der Waals surface area contributed by atoms with Crippen LogP contribution in [-0.4, -0.2) is 21.4 Å². The fraction of sp³-hybridized carbons (Fsp3) is 0.619. The molecule has 1 aliphatic rings. The molecule has 4 nitrogen and oxygen atoms in total. The van der Waals surface area contributed by atoms with Gasteiger partial charge in [-0.1, -0.05) is 20.8 Å². The standard InChI is InChI=1S/C21H29F2N3O/c1-14-11-17-16(24-19(14)25-18(27)12-20(2,3)4)7-10-26(17)13-15-5-8-21(22,23)9-6-15/h7,10-11,15H,5-6,8-9,12-13H2,1-4H3,(H,24,25,27). The van der Waals surface area contributed by atoms with Gasteiger partial charge in [-0.3, -0.25) is 4.79 Å². The SMILES string of the molecule is Cc1cc2c(ccn2CC2CCC(F)(F)CC2)nc1NC(=O)CC(C)(C)C. The Bertz CT molecular complexity index is 826. The third kappa shape index (κ3) is 5.05. The third-order valence-corrected chi connectivity index (χ3v) is 5.18. The Kier molecular flexibility index (Phi) is 5.28. The first-order valence-corrected chi connectivity index (χ1v) is 9.67. The van der Waals surface area contributed by atoms with Crippen LogP contribution in [-0.2, 0) is 11.3 Å². The predicted molar refractivity (Wildman–Crippen MR) is 104 cm³/mol. The highest BCUT2D eigenvalue weighted by Crippen LogP contribution is 2.37. The summed E-state index contributed by atoms with van der Waals surface area (Å²) in [5.74, 6) is -1.67. The maximum absolute atomic E-state index is 13.4. The fourth-order valence-corrected chi connectivity index (χ4v) is 3.71. The molecule has 1 N–H and O–H groups in total. The second kappa shape index (κ2) is 7.21. The number of hydrogen-bond donors (Lipinski definition) is 1. The summed E-state index contributed by atoms with van der Waals surface area (Å²) in [6, 6.07) is 3.94. The Morgan fingerprint density at radius 2 is 2.00 bits per heavy atom. The van der Waals surface area contributed by atoms with Crippen molar-refractivity contribution >= 4 is 22.8 Å². The average Bonchev–Trinajstić information content (AvgIpc) is 2.90. The number of amides is 1. The van der Waals surface area contributed by atoms with Crippen molar-refractivity contribution in [2.24, 2.45) is 11.3 Å². The second-order valence-electron chi connectivity index (χ2n) is 9.11. The van der Waals surface area contributed by atoms with Gasteiger partial charge < -0.3 is 9.88 Å². The molecular formula is C21H29F2N3O. The van der Waals surface area contributed by atoms with Crippen LogP contribution in [0.5, 0.6) is 0 Å². The number of hydrogen-bond acceptors (Lipinski definition) is 2. The van der Waals surface area contributed by atoms with Crippen LogP contribution >= 0.6 is 0 Å². The smallest absolute Gasteiger partial charge is 0.248 e. The normalized spacial score (nSPS) is 18.0. The van der Waals surface area contributed by atoms with Crippen LogP contribution in [0.4, 0.5) is 14.6 Å². The number of aryl methyl sites for hydroxylation is 1. The quantitative estimate of drug-likeness (QED) is 0.760. The summed E-state index contributed by atoms with van der Waals surface area (Å²) in [5, 5.41) is 2.92. The van der Waals surface area contributed by atoms with E-state index >= 15 is 0 Å². The van der Waals surface area contributed by atoms with Gasteiger partial charge in [0.25, 0.3) is 0 Å². The Morgan fingerprint density at radius 1 is 1.33 bits per heavy atom. The molecule has 0 atom stereocenters. The third-order valence-electron chi connectivity index (χ3n) is 5.18. The van der Waals surface area contributed by atoms with Gasteiger partial charge in [-0.05, 0) is 48.8 Å². The van der Waals surface area contributed by atoms with Crippen LogP contribution in [0.25, 0.3) is 11.0 Å². The van der Waals surface area contributed by atoms with Gasteiger partial charge >= 0.3 is 0 Å². The summed E-state index contributed by atoms with van der Waals surface area (Å²) >= 11 is 0. The molecule has 1 saturated carbocycles. The molecule has 3 rings (SSSR count). The highest BCUT2D eigenvalue weighted by Gasteiger charge is 2.34. The summed E-state index contributed by atoms with van der Waals surface area (Å²) in [4.78, 5) is 16.8. The lowest BCUT2D eigenvalue weighted by atomic mass is 9.87. The van der Waals surface area contributed by atoms with Gasteiger partial charge in [0.15, 0.2) is 0 Å². The van der Waals surface area contributed by atoms with E-state index in [4.69, 9.17) is 0 Å². The minimum atomic E-state index is -2.49. The van der Waals surface area contributed by atoms with Gasteiger partial charge in [0.1, 0.15) is 5.82 Å². The number of aromatic nitrogens is 2. The molecule has 1 amide bonds. The summed E-state index contributed by atoms with van der Waals surface area (Å²) in [7, 11) is 0. The average molecular weight is 377 g/mol. The molecule has 0 aromatic carbocycles. The summed E-state index contributed by atoms with van der Waals surface area (Å²) < 4.78 is 28.8. The lowest BCUT2D eigenvalue weighted by Crippen LogP contribution is -2.26. The molecule has 1 fully saturated rings. The number of nitrogens with zero attached hydrogens (tertiary/aromatic N) is 2. The first-order valence-electron chi connectivity index (χ1n) is 9.67. The second-order valence-corrected chi connectivity index (χ2v) is 9.11. The zero-order chi connectivity index (χ0) is 19.8. The van der Waals surface area contributed by atoms with Crippen LogP contribution in [0, 0.1) is 18.3 Å². The number of pyridine rings is 1. The van der Waals surface area contributed by atoms with Crippen LogP contribution in [0.3, 0.4) is 0 Å². The highest BCUT2D eigenvalue weighted by atomic mass is 19.3. The number of carbonyl (C=O) groups excluding carboxylic acids is 1. The Hall–Kier alpha value is -1.98. The number of carbonyl (C=O) groups is 1. The Labute approximate surface area is 159 Å². The zero-order valence-corrected chi connectivity index (χ0v) is 16.6. The molecular weight excluding hydrogens is 348 g/mol. The maximum Gasteiger partial charge on any atom is 0.248 e. The van der Waals surface area contributed by atoms with Crippen LogP contribution < -0.4 is 5.32 Å². The van der Waals surface area contributed by atoms with Crippen molar-refractivity contribution < 1.29 is 13.6 Å². The van der Waals surface area contributed by atoms with E-state index < -0.39 is 5.92 Å². The summed E-state index contributed by atoms with van der Waals surface area (Å²) in [6.45, 7) is 8.74. The number of halogens is 2. The molecule has 0 saturated heterocycles. The fourth-order valence-electron chi connectivity index (χ4n) is 3.71. The van der Waals surface area contributed by atoms with E-state index in [0.717, 1.165) is 23.1 Å². The number of anilines is 1. The first kappa shape index (κ1) is 19.8. The van der Waals surface area contributed by atoms with Gasteiger partial charge in [0.2, 0.25) is 11.8 Å². The number of fused-ring (bicyclic) bond motifs is 1. The minimum absolute atomic E-state index is 0.0158. The largest absolute Gasteiger partial charge is 0.346 e. The van der Waals surface area contributed by atoms with Crippen molar-refractivity contribution in [2.75, 3.05) is 5.32 Å². The van der Waals surface area contributed by atoms with Gasteiger partial charge in [0, 0.05) is 32.0 Å². The molecule has 27 heavy (non-hydrogen) atoms. The Balaban J connectivity index is 1.73. The van der Waals surface area contributed by atoms with E-state index in [1.54, 1.807) is 0 Å². The van der Waals surface area contributed by atoms with E-state index in [9.17, 15) is 13.6 Å². The molecule has 6 heteroatoms. The van der Waals surface area contributed by atoms with E-state index in [1.807, 2.05) is 46.0 Å². The predicted octanol–water partition coefficient (Wildman–Crippen LogP) is 5.54. The minimum Gasteiger partial charge on any atom is -0.346 e. The van der Waals surface area contributed by atoms with Gasteiger partial charge in [-0.25, -0.2) is 13.8 Å². The molecule has 2 aromatic heterocycles. The van der Waals surface area contributed by atoms with Gasteiger partial charge in [-0.2, -0.15) is 0 Å². The van der Waals surface area contributed by atoms with Crippen molar-refractivity contribution in [1.82, 2.24) is 9.55 Å². The molecule has 0 bridgehead atoms. The molecule has 1 aliphatic carbocycles. The molecule has 0 unspecified atom stereocenters. The molecule has 0 aliphatic heterocycles. The molecule has 2 aromatic rings.